The highest BCUT2D eigenvalue weighted by atomic mass is 32.1. The van der Waals surface area contributed by atoms with Crippen molar-refractivity contribution in [3.8, 4) is 0 Å². The quantitative estimate of drug-likeness (QED) is 0.507. The molecule has 0 spiro atoms. The largest absolute Gasteiger partial charge is 0.326 e. The van der Waals surface area contributed by atoms with Gasteiger partial charge in [-0.05, 0) is 43.3 Å². The molecule has 106 valence electrons. The van der Waals surface area contributed by atoms with Crippen molar-refractivity contribution in [3.05, 3.63) is 54.1 Å². The lowest BCUT2D eigenvalue weighted by atomic mass is 10.1. The maximum absolute atomic E-state index is 11.8. The SMILES string of the molecule is CC(S)C(=O)c1ccc(Nc2nc3ccccc3[nH]2)cc1. The van der Waals surface area contributed by atoms with Gasteiger partial charge in [0.05, 0.1) is 16.3 Å². The number of carbonyl (C=O) groups is 1. The lowest BCUT2D eigenvalue weighted by molar-refractivity contribution is 0.0994. The maximum Gasteiger partial charge on any atom is 0.205 e. The van der Waals surface area contributed by atoms with Crippen molar-refractivity contribution in [2.45, 2.75) is 12.2 Å². The number of ketones is 1. The Labute approximate surface area is 128 Å². The van der Waals surface area contributed by atoms with Crippen LogP contribution in [0.5, 0.6) is 0 Å². The van der Waals surface area contributed by atoms with Crippen LogP contribution in [0, 0.1) is 0 Å². The highest BCUT2D eigenvalue weighted by molar-refractivity contribution is 7.81. The lowest BCUT2D eigenvalue weighted by Crippen LogP contribution is -2.10. The van der Waals surface area contributed by atoms with Crippen molar-refractivity contribution in [3.63, 3.8) is 0 Å². The van der Waals surface area contributed by atoms with Gasteiger partial charge >= 0.3 is 0 Å². The number of carbonyl (C=O) groups excluding carboxylic acids is 1. The Morgan fingerprint density at radius 1 is 1.19 bits per heavy atom. The number of hydrogen-bond donors (Lipinski definition) is 3. The van der Waals surface area contributed by atoms with Gasteiger partial charge in [-0.15, -0.1) is 0 Å². The van der Waals surface area contributed by atoms with Crippen molar-refractivity contribution < 1.29 is 4.79 Å². The zero-order valence-electron chi connectivity index (χ0n) is 11.5. The number of para-hydroxylation sites is 2. The van der Waals surface area contributed by atoms with Crippen molar-refractivity contribution >= 4 is 41.1 Å². The Hall–Kier alpha value is -2.27. The molecule has 21 heavy (non-hydrogen) atoms. The maximum atomic E-state index is 11.8. The minimum atomic E-state index is -0.292. The number of imidazole rings is 1. The van der Waals surface area contributed by atoms with Crippen LogP contribution in [0.1, 0.15) is 17.3 Å². The molecule has 0 aliphatic heterocycles. The Morgan fingerprint density at radius 3 is 2.57 bits per heavy atom. The number of aromatic nitrogens is 2. The molecule has 0 fully saturated rings. The van der Waals surface area contributed by atoms with E-state index in [1.807, 2.05) is 36.4 Å². The monoisotopic (exact) mass is 297 g/mol. The van der Waals surface area contributed by atoms with Gasteiger partial charge in [-0.3, -0.25) is 4.79 Å². The first kappa shape index (κ1) is 13.7. The normalized spacial score (nSPS) is 12.3. The van der Waals surface area contributed by atoms with Crippen LogP contribution in [0.3, 0.4) is 0 Å². The second kappa shape index (κ2) is 5.61. The fraction of sp³-hybridized carbons (Fsp3) is 0.125. The topological polar surface area (TPSA) is 57.8 Å². The summed E-state index contributed by atoms with van der Waals surface area (Å²) in [5, 5.41) is 2.90. The predicted molar refractivity (Wildman–Crippen MR) is 88.6 cm³/mol. The van der Waals surface area contributed by atoms with Crippen LogP contribution in [-0.4, -0.2) is 21.0 Å². The molecule has 1 aromatic heterocycles. The van der Waals surface area contributed by atoms with Crippen LogP contribution in [0.2, 0.25) is 0 Å². The number of benzene rings is 2. The van der Waals surface area contributed by atoms with Gasteiger partial charge in [-0.1, -0.05) is 12.1 Å². The molecular formula is C16H15N3OS. The predicted octanol–water partition coefficient (Wildman–Crippen LogP) is 3.81. The first-order valence-electron chi connectivity index (χ1n) is 6.67. The second-order valence-corrected chi connectivity index (χ2v) is 5.62. The molecule has 0 radical (unpaired) electrons. The van der Waals surface area contributed by atoms with Gasteiger partial charge in [0, 0.05) is 11.3 Å². The van der Waals surface area contributed by atoms with Gasteiger partial charge in [0.15, 0.2) is 5.78 Å². The number of H-pyrrole nitrogens is 1. The van der Waals surface area contributed by atoms with E-state index in [1.165, 1.54) is 0 Å². The van der Waals surface area contributed by atoms with Gasteiger partial charge < -0.3 is 10.3 Å². The fourth-order valence-corrected chi connectivity index (χ4v) is 2.26. The van der Waals surface area contributed by atoms with Crippen LogP contribution < -0.4 is 5.32 Å². The number of aromatic amines is 1. The number of anilines is 2. The third-order valence-corrected chi connectivity index (χ3v) is 3.44. The summed E-state index contributed by atoms with van der Waals surface area (Å²) in [5.74, 6) is 0.700. The number of rotatable bonds is 4. The van der Waals surface area contributed by atoms with Crippen molar-refractivity contribution in [2.75, 3.05) is 5.32 Å². The van der Waals surface area contributed by atoms with Crippen molar-refractivity contribution in [2.24, 2.45) is 0 Å². The molecular weight excluding hydrogens is 282 g/mol. The Kier molecular flexibility index (Phi) is 3.66. The molecule has 3 aromatic rings. The van der Waals surface area contributed by atoms with Gasteiger partial charge in [0.25, 0.3) is 0 Å². The van der Waals surface area contributed by atoms with E-state index in [-0.39, 0.29) is 11.0 Å². The fourth-order valence-electron chi connectivity index (χ4n) is 2.11. The average Bonchev–Trinajstić information content (AvgIpc) is 2.89. The Bertz CT molecular complexity index is 745. The highest BCUT2D eigenvalue weighted by Crippen LogP contribution is 2.19. The van der Waals surface area contributed by atoms with E-state index in [0.29, 0.717) is 11.5 Å². The number of thiol groups is 1. The number of hydrogen-bond acceptors (Lipinski definition) is 4. The third-order valence-electron chi connectivity index (χ3n) is 3.20. The summed E-state index contributed by atoms with van der Waals surface area (Å²) in [4.78, 5) is 19.5. The number of nitrogens with zero attached hydrogens (tertiary/aromatic N) is 1. The van der Waals surface area contributed by atoms with Gasteiger partial charge in [-0.25, -0.2) is 4.98 Å². The van der Waals surface area contributed by atoms with Gasteiger partial charge in [-0.2, -0.15) is 12.6 Å². The summed E-state index contributed by atoms with van der Waals surface area (Å²) in [5.41, 5.74) is 3.43. The van der Waals surface area contributed by atoms with Crippen molar-refractivity contribution in [1.82, 2.24) is 9.97 Å². The molecule has 0 saturated heterocycles. The smallest absolute Gasteiger partial charge is 0.205 e. The molecule has 3 rings (SSSR count). The van der Waals surface area contributed by atoms with E-state index in [4.69, 9.17) is 0 Å². The summed E-state index contributed by atoms with van der Waals surface area (Å²) >= 11 is 4.16. The van der Waals surface area contributed by atoms with E-state index in [0.717, 1.165) is 16.7 Å². The summed E-state index contributed by atoms with van der Waals surface area (Å²) in [6, 6.07) is 15.1. The van der Waals surface area contributed by atoms with Crippen LogP contribution in [0.4, 0.5) is 11.6 Å². The molecule has 1 heterocycles. The van der Waals surface area contributed by atoms with E-state index < -0.39 is 0 Å². The first-order chi connectivity index (χ1) is 10.1. The number of nitrogens with one attached hydrogen (secondary N) is 2. The first-order valence-corrected chi connectivity index (χ1v) is 7.19. The van der Waals surface area contributed by atoms with E-state index >= 15 is 0 Å². The molecule has 5 heteroatoms. The molecule has 1 unspecified atom stereocenters. The standard InChI is InChI=1S/C16H15N3OS/c1-10(21)15(20)11-6-8-12(9-7-11)17-16-18-13-4-2-3-5-14(13)19-16/h2-10,21H,1H3,(H2,17,18,19). The summed E-state index contributed by atoms with van der Waals surface area (Å²) < 4.78 is 0. The molecule has 0 aliphatic carbocycles. The van der Waals surface area contributed by atoms with E-state index in [2.05, 4.69) is 27.9 Å². The lowest BCUT2D eigenvalue weighted by Gasteiger charge is -2.06. The zero-order valence-corrected chi connectivity index (χ0v) is 12.4. The molecule has 0 saturated carbocycles. The Balaban J connectivity index is 1.80. The van der Waals surface area contributed by atoms with Gasteiger partial charge in [0.2, 0.25) is 5.95 Å². The van der Waals surface area contributed by atoms with Crippen LogP contribution >= 0.6 is 12.6 Å². The molecule has 2 N–H and O–H groups in total. The molecule has 2 aromatic carbocycles. The van der Waals surface area contributed by atoms with E-state index in [1.54, 1.807) is 19.1 Å². The van der Waals surface area contributed by atoms with Crippen molar-refractivity contribution in [1.29, 1.82) is 0 Å². The van der Waals surface area contributed by atoms with Crippen LogP contribution in [-0.2, 0) is 0 Å². The molecule has 0 aliphatic rings. The molecule has 0 amide bonds. The molecule has 1 atom stereocenters. The van der Waals surface area contributed by atoms with Gasteiger partial charge in [0.1, 0.15) is 0 Å². The summed E-state index contributed by atoms with van der Waals surface area (Å²) in [6.07, 6.45) is 0. The van der Waals surface area contributed by atoms with Crippen LogP contribution in [0.15, 0.2) is 48.5 Å². The zero-order chi connectivity index (χ0) is 14.8. The summed E-state index contributed by atoms with van der Waals surface area (Å²) in [7, 11) is 0. The third kappa shape index (κ3) is 2.92. The summed E-state index contributed by atoms with van der Waals surface area (Å²) in [6.45, 7) is 1.77. The number of fused-ring (bicyclic) bond motifs is 1. The van der Waals surface area contributed by atoms with Crippen LogP contribution in [0.25, 0.3) is 11.0 Å². The Morgan fingerprint density at radius 2 is 1.90 bits per heavy atom. The minimum Gasteiger partial charge on any atom is -0.326 e. The van der Waals surface area contributed by atoms with E-state index in [9.17, 15) is 4.79 Å². The molecule has 4 nitrogen and oxygen atoms in total. The average molecular weight is 297 g/mol. The minimum absolute atomic E-state index is 0.0219. The molecule has 0 bridgehead atoms. The second-order valence-electron chi connectivity index (χ2n) is 4.85. The highest BCUT2D eigenvalue weighted by Gasteiger charge is 2.10. The number of Topliss-reactive ketones (excluding diaryl/α,β-unsaturated/α-hetero) is 1.